The minimum absolute atomic E-state index is 0.748. The number of nitrogens with one attached hydrogen (secondary N) is 1. The molecule has 0 saturated carbocycles. The van der Waals surface area contributed by atoms with Crippen LogP contribution in [-0.4, -0.2) is 17.8 Å². The molecule has 0 spiro atoms. The Morgan fingerprint density at radius 3 is 2.90 bits per heavy atom. The molecule has 3 nitrogen and oxygen atoms in total. The standard InChI is InChI=1S/C26H34N2O/c1-3-4-10-20-11-7-5-6-8-12-21-15-19(16-22(20)21)17-25-26(29-2)18-24(28-25)23-13-9-14-27-23/h9,13-14,16-18,20,27H,3-8,10-12,15H2,1-2H3/b25-17-/t20-/m0/s1. The van der Waals surface area contributed by atoms with Crippen LogP contribution in [0.3, 0.4) is 0 Å². The second-order valence-corrected chi connectivity index (χ2v) is 8.57. The summed E-state index contributed by atoms with van der Waals surface area (Å²) in [6, 6.07) is 4.05. The van der Waals surface area contributed by atoms with Crippen molar-refractivity contribution in [2.45, 2.75) is 71.1 Å². The van der Waals surface area contributed by atoms with Gasteiger partial charge in [-0.05, 0) is 67.4 Å². The molecule has 1 aliphatic heterocycles. The summed E-state index contributed by atoms with van der Waals surface area (Å²) in [4.78, 5) is 8.10. The monoisotopic (exact) mass is 390 g/mol. The lowest BCUT2D eigenvalue weighted by molar-refractivity contribution is 0.302. The van der Waals surface area contributed by atoms with Crippen LogP contribution in [-0.2, 0) is 4.74 Å². The van der Waals surface area contributed by atoms with E-state index < -0.39 is 0 Å². The molecule has 0 saturated heterocycles. The Hall–Kier alpha value is -2.29. The van der Waals surface area contributed by atoms with Crippen LogP contribution in [0.15, 0.2) is 69.7 Å². The fourth-order valence-electron chi connectivity index (χ4n) is 4.91. The van der Waals surface area contributed by atoms with Gasteiger partial charge in [-0.15, -0.1) is 0 Å². The Morgan fingerprint density at radius 1 is 1.21 bits per heavy atom. The normalized spacial score (nSPS) is 23.9. The van der Waals surface area contributed by atoms with Crippen LogP contribution in [0.2, 0.25) is 0 Å². The SMILES string of the molecule is CCCC[C@H]1CCCCCCC2=C1C=C(/C=C1\N=C(c3ccc[nH]3)C=C1OC)C2. The number of aromatic amines is 1. The van der Waals surface area contributed by atoms with Gasteiger partial charge in [-0.1, -0.05) is 50.7 Å². The largest absolute Gasteiger partial charge is 0.494 e. The van der Waals surface area contributed by atoms with Gasteiger partial charge in [0.15, 0.2) is 0 Å². The number of H-pyrrole nitrogens is 1. The maximum Gasteiger partial charge on any atom is 0.146 e. The number of unbranched alkanes of at least 4 members (excludes halogenated alkanes) is 1. The van der Waals surface area contributed by atoms with Crippen LogP contribution in [0.25, 0.3) is 0 Å². The molecule has 1 aromatic rings. The van der Waals surface area contributed by atoms with Gasteiger partial charge >= 0.3 is 0 Å². The Morgan fingerprint density at radius 2 is 2.10 bits per heavy atom. The van der Waals surface area contributed by atoms with E-state index in [1.165, 1.54) is 63.4 Å². The number of ether oxygens (including phenoxy) is 1. The van der Waals surface area contributed by atoms with Gasteiger partial charge in [0, 0.05) is 12.3 Å². The van der Waals surface area contributed by atoms with Crippen molar-refractivity contribution in [2.24, 2.45) is 10.9 Å². The topological polar surface area (TPSA) is 37.4 Å². The first-order valence-corrected chi connectivity index (χ1v) is 11.4. The summed E-state index contributed by atoms with van der Waals surface area (Å²) in [6.07, 6.45) is 21.9. The molecule has 1 N–H and O–H groups in total. The molecule has 1 aromatic heterocycles. The van der Waals surface area contributed by atoms with Gasteiger partial charge in [-0.2, -0.15) is 0 Å². The molecule has 3 heteroatoms. The average molecular weight is 391 g/mol. The number of methoxy groups -OCH3 is 1. The highest BCUT2D eigenvalue weighted by Gasteiger charge is 2.24. The van der Waals surface area contributed by atoms with Crippen LogP contribution in [0, 0.1) is 5.92 Å². The second kappa shape index (κ2) is 9.47. The van der Waals surface area contributed by atoms with E-state index in [9.17, 15) is 0 Å². The molecule has 2 heterocycles. The first-order chi connectivity index (χ1) is 14.3. The average Bonchev–Trinajstić information content (AvgIpc) is 3.46. The summed E-state index contributed by atoms with van der Waals surface area (Å²) >= 11 is 0. The molecule has 0 bridgehead atoms. The lowest BCUT2D eigenvalue weighted by Crippen LogP contribution is -2.04. The highest BCUT2D eigenvalue weighted by molar-refractivity contribution is 6.10. The molecule has 0 radical (unpaired) electrons. The lowest BCUT2D eigenvalue weighted by Gasteiger charge is -2.18. The minimum Gasteiger partial charge on any atom is -0.494 e. The van der Waals surface area contributed by atoms with Gasteiger partial charge in [0.1, 0.15) is 11.5 Å². The zero-order valence-electron chi connectivity index (χ0n) is 18.0. The van der Waals surface area contributed by atoms with Crippen molar-refractivity contribution in [3.05, 3.63) is 70.4 Å². The molecule has 4 rings (SSSR count). The van der Waals surface area contributed by atoms with Gasteiger partial charge in [-0.25, -0.2) is 4.99 Å². The van der Waals surface area contributed by atoms with E-state index in [2.05, 4.69) is 30.1 Å². The van der Waals surface area contributed by atoms with Gasteiger partial charge in [-0.3, -0.25) is 0 Å². The predicted octanol–water partition coefficient (Wildman–Crippen LogP) is 7.02. The maximum absolute atomic E-state index is 5.64. The Balaban J connectivity index is 1.59. The zero-order valence-corrected chi connectivity index (χ0v) is 18.0. The van der Waals surface area contributed by atoms with Crippen LogP contribution in [0.1, 0.15) is 76.8 Å². The molecule has 3 aliphatic rings. The molecular formula is C26H34N2O. The molecule has 1 atom stereocenters. The fraction of sp³-hybridized carbons (Fsp3) is 0.500. The summed E-state index contributed by atoms with van der Waals surface area (Å²) < 4.78 is 5.64. The van der Waals surface area contributed by atoms with E-state index in [0.29, 0.717) is 0 Å². The summed E-state index contributed by atoms with van der Waals surface area (Å²) in [5.74, 6) is 1.60. The van der Waals surface area contributed by atoms with Crippen molar-refractivity contribution < 1.29 is 4.74 Å². The maximum atomic E-state index is 5.64. The van der Waals surface area contributed by atoms with Crippen LogP contribution in [0.4, 0.5) is 0 Å². The predicted molar refractivity (Wildman–Crippen MR) is 121 cm³/mol. The van der Waals surface area contributed by atoms with E-state index in [0.717, 1.165) is 35.2 Å². The van der Waals surface area contributed by atoms with Crippen LogP contribution < -0.4 is 0 Å². The smallest absolute Gasteiger partial charge is 0.146 e. The quantitative estimate of drug-likeness (QED) is 0.557. The zero-order chi connectivity index (χ0) is 20.1. The van der Waals surface area contributed by atoms with Crippen molar-refractivity contribution in [3.8, 4) is 0 Å². The molecular weight excluding hydrogens is 356 g/mol. The number of nitrogens with zero attached hydrogens (tertiary/aromatic N) is 1. The van der Waals surface area contributed by atoms with Crippen molar-refractivity contribution in [1.29, 1.82) is 0 Å². The van der Waals surface area contributed by atoms with E-state index in [1.54, 1.807) is 18.3 Å². The second-order valence-electron chi connectivity index (χ2n) is 8.57. The van der Waals surface area contributed by atoms with Gasteiger partial charge in [0.05, 0.1) is 18.5 Å². The van der Waals surface area contributed by atoms with E-state index in [4.69, 9.17) is 9.73 Å². The highest BCUT2D eigenvalue weighted by atomic mass is 16.5. The van der Waals surface area contributed by atoms with Crippen molar-refractivity contribution in [1.82, 2.24) is 4.98 Å². The highest BCUT2D eigenvalue weighted by Crippen LogP contribution is 2.40. The Kier molecular flexibility index (Phi) is 6.53. The third-order valence-corrected chi connectivity index (χ3v) is 6.47. The number of hydrogen-bond donors (Lipinski definition) is 1. The number of aromatic nitrogens is 1. The third kappa shape index (κ3) is 4.66. The number of allylic oxidation sites excluding steroid dienone is 6. The number of rotatable bonds is 6. The van der Waals surface area contributed by atoms with E-state index in [1.807, 2.05) is 18.3 Å². The molecule has 2 aliphatic carbocycles. The van der Waals surface area contributed by atoms with E-state index >= 15 is 0 Å². The van der Waals surface area contributed by atoms with Crippen molar-refractivity contribution in [2.75, 3.05) is 7.11 Å². The molecule has 0 aromatic carbocycles. The molecule has 0 amide bonds. The van der Waals surface area contributed by atoms with Crippen LogP contribution in [0.5, 0.6) is 0 Å². The Bertz CT molecular complexity index is 865. The van der Waals surface area contributed by atoms with Gasteiger partial charge in [0.2, 0.25) is 0 Å². The molecule has 0 fully saturated rings. The first-order valence-electron chi connectivity index (χ1n) is 11.4. The summed E-state index contributed by atoms with van der Waals surface area (Å²) in [5.41, 5.74) is 7.66. The first kappa shape index (κ1) is 20.0. The van der Waals surface area contributed by atoms with Crippen LogP contribution >= 0.6 is 0 Å². The third-order valence-electron chi connectivity index (χ3n) is 6.47. The summed E-state index contributed by atoms with van der Waals surface area (Å²) in [7, 11) is 1.73. The van der Waals surface area contributed by atoms with Crippen molar-refractivity contribution in [3.63, 3.8) is 0 Å². The fourth-order valence-corrected chi connectivity index (χ4v) is 4.91. The van der Waals surface area contributed by atoms with Gasteiger partial charge < -0.3 is 9.72 Å². The minimum atomic E-state index is 0.748. The molecule has 29 heavy (non-hydrogen) atoms. The number of aliphatic imine (C=N–C) groups is 1. The molecule has 0 unspecified atom stereocenters. The summed E-state index contributed by atoms with van der Waals surface area (Å²) in [5, 5.41) is 0. The Labute approximate surface area is 175 Å². The molecule has 154 valence electrons. The van der Waals surface area contributed by atoms with Crippen molar-refractivity contribution >= 4 is 5.71 Å². The number of hydrogen-bond acceptors (Lipinski definition) is 2. The summed E-state index contributed by atoms with van der Waals surface area (Å²) in [6.45, 7) is 2.31. The van der Waals surface area contributed by atoms with Gasteiger partial charge in [0.25, 0.3) is 0 Å². The lowest BCUT2D eigenvalue weighted by atomic mass is 9.87. The van der Waals surface area contributed by atoms with E-state index in [-0.39, 0.29) is 0 Å².